The zero-order chi connectivity index (χ0) is 22.7. The number of nitro groups is 1. The molecule has 1 N–H and O–H groups in total. The van der Waals surface area contributed by atoms with Gasteiger partial charge in [0.2, 0.25) is 0 Å². The number of aliphatic imine (C=N–C) groups is 1. The van der Waals surface area contributed by atoms with Gasteiger partial charge in [-0.2, -0.15) is 0 Å². The summed E-state index contributed by atoms with van der Waals surface area (Å²) in [6.45, 7) is 0.558. The maximum Gasteiger partial charge on any atom is 0.269 e. The standard InChI is InChI=1S/C24H22ClN3O4/c1-31-22-12-20-16(10-15-6-8-19(9-7-15)28(29)30)14-26-24(21(20)13-23(22)32-2)27-18-5-3-4-17(25)11-18/h3-9,11-13,16H,10,14H2,1-2H3,(H,26,27). The van der Waals surface area contributed by atoms with E-state index in [0.717, 1.165) is 28.2 Å². The number of fused-ring (bicyclic) bond motifs is 1. The molecule has 0 aliphatic carbocycles. The number of hydrogen-bond donors (Lipinski definition) is 1. The number of anilines is 1. The maximum absolute atomic E-state index is 11.0. The number of benzene rings is 3. The molecule has 0 radical (unpaired) electrons. The number of halogens is 1. The number of hydrogen-bond acceptors (Lipinski definition) is 6. The van der Waals surface area contributed by atoms with Gasteiger partial charge in [-0.15, -0.1) is 0 Å². The third kappa shape index (κ3) is 4.53. The highest BCUT2D eigenvalue weighted by Crippen LogP contribution is 2.38. The first-order valence-corrected chi connectivity index (χ1v) is 10.4. The largest absolute Gasteiger partial charge is 0.493 e. The predicted molar refractivity (Wildman–Crippen MR) is 126 cm³/mol. The molecule has 0 saturated carbocycles. The summed E-state index contributed by atoms with van der Waals surface area (Å²) in [4.78, 5) is 15.4. The van der Waals surface area contributed by atoms with Crippen molar-refractivity contribution in [2.75, 3.05) is 26.1 Å². The minimum atomic E-state index is -0.394. The van der Waals surface area contributed by atoms with E-state index in [9.17, 15) is 10.1 Å². The molecule has 1 heterocycles. The fourth-order valence-corrected chi connectivity index (χ4v) is 4.04. The van der Waals surface area contributed by atoms with Crippen LogP contribution < -0.4 is 14.8 Å². The molecule has 1 unspecified atom stereocenters. The number of methoxy groups -OCH3 is 2. The first-order chi connectivity index (χ1) is 15.5. The second-order valence-corrected chi connectivity index (χ2v) is 7.88. The van der Waals surface area contributed by atoms with Crippen LogP contribution >= 0.6 is 11.6 Å². The molecular formula is C24H22ClN3O4. The summed E-state index contributed by atoms with van der Waals surface area (Å²) in [5, 5.41) is 15.0. The average molecular weight is 452 g/mol. The second-order valence-electron chi connectivity index (χ2n) is 7.44. The summed E-state index contributed by atoms with van der Waals surface area (Å²) in [7, 11) is 3.21. The molecule has 0 amide bonds. The minimum Gasteiger partial charge on any atom is -0.493 e. The van der Waals surface area contributed by atoms with Gasteiger partial charge in [0, 0.05) is 40.9 Å². The van der Waals surface area contributed by atoms with Crippen molar-refractivity contribution in [3.05, 3.63) is 92.5 Å². The highest BCUT2D eigenvalue weighted by Gasteiger charge is 2.26. The number of nitrogens with zero attached hydrogens (tertiary/aromatic N) is 2. The van der Waals surface area contributed by atoms with Crippen LogP contribution in [0.5, 0.6) is 11.5 Å². The van der Waals surface area contributed by atoms with Crippen molar-refractivity contribution in [3.8, 4) is 11.5 Å². The number of amidine groups is 1. The molecule has 1 aliphatic heterocycles. The summed E-state index contributed by atoms with van der Waals surface area (Å²) in [5.41, 5.74) is 3.91. The SMILES string of the molecule is COc1cc2c(cc1OC)C(Cc1ccc([N+](=O)[O-])cc1)CN=C2Nc1cccc(Cl)c1. The first kappa shape index (κ1) is 21.6. The summed E-state index contributed by atoms with van der Waals surface area (Å²) in [6, 6.07) is 18.0. The lowest BCUT2D eigenvalue weighted by Crippen LogP contribution is -2.25. The van der Waals surface area contributed by atoms with E-state index in [4.69, 9.17) is 26.1 Å². The van der Waals surface area contributed by atoms with Gasteiger partial charge >= 0.3 is 0 Å². The fourth-order valence-electron chi connectivity index (χ4n) is 3.85. The molecule has 0 aromatic heterocycles. The molecule has 0 bridgehead atoms. The Morgan fingerprint density at radius 2 is 1.81 bits per heavy atom. The van der Waals surface area contributed by atoms with Crippen LogP contribution in [0.3, 0.4) is 0 Å². The third-order valence-corrected chi connectivity index (χ3v) is 5.67. The zero-order valence-electron chi connectivity index (χ0n) is 17.7. The fraction of sp³-hybridized carbons (Fsp3) is 0.208. The summed E-state index contributed by atoms with van der Waals surface area (Å²) >= 11 is 6.14. The van der Waals surface area contributed by atoms with Crippen LogP contribution in [0, 0.1) is 10.1 Å². The van der Waals surface area contributed by atoms with E-state index in [0.29, 0.717) is 29.5 Å². The van der Waals surface area contributed by atoms with E-state index in [1.54, 1.807) is 26.4 Å². The molecule has 1 atom stereocenters. The maximum atomic E-state index is 11.0. The Kier molecular flexibility index (Phi) is 6.28. The van der Waals surface area contributed by atoms with Crippen molar-refractivity contribution in [3.63, 3.8) is 0 Å². The molecule has 1 aliphatic rings. The van der Waals surface area contributed by atoms with E-state index in [1.165, 1.54) is 12.1 Å². The molecule has 3 aromatic rings. The molecule has 8 heteroatoms. The first-order valence-electron chi connectivity index (χ1n) is 10.0. The van der Waals surface area contributed by atoms with Crippen molar-refractivity contribution < 1.29 is 14.4 Å². The van der Waals surface area contributed by atoms with Gasteiger partial charge in [-0.1, -0.05) is 29.8 Å². The molecule has 32 heavy (non-hydrogen) atoms. The molecule has 0 spiro atoms. The van der Waals surface area contributed by atoms with Gasteiger partial charge in [0.15, 0.2) is 11.5 Å². The minimum absolute atomic E-state index is 0.0789. The Balaban J connectivity index is 1.69. The van der Waals surface area contributed by atoms with Crippen LogP contribution in [0.2, 0.25) is 5.02 Å². The van der Waals surface area contributed by atoms with Crippen LogP contribution in [0.1, 0.15) is 22.6 Å². The quantitative estimate of drug-likeness (QED) is 0.397. The van der Waals surface area contributed by atoms with Crippen molar-refractivity contribution in [1.82, 2.24) is 0 Å². The highest BCUT2D eigenvalue weighted by atomic mass is 35.5. The zero-order valence-corrected chi connectivity index (χ0v) is 18.4. The van der Waals surface area contributed by atoms with E-state index < -0.39 is 4.92 Å². The van der Waals surface area contributed by atoms with Gasteiger partial charge < -0.3 is 14.8 Å². The summed E-state index contributed by atoms with van der Waals surface area (Å²) < 4.78 is 11.1. The molecule has 7 nitrogen and oxygen atoms in total. The third-order valence-electron chi connectivity index (χ3n) is 5.44. The van der Waals surface area contributed by atoms with Gasteiger partial charge in [-0.3, -0.25) is 15.1 Å². The Labute approximate surface area is 190 Å². The van der Waals surface area contributed by atoms with Crippen LogP contribution in [0.25, 0.3) is 0 Å². The van der Waals surface area contributed by atoms with Crippen LogP contribution in [0.4, 0.5) is 11.4 Å². The Bertz CT molecular complexity index is 1180. The normalized spacial score (nSPS) is 14.8. The van der Waals surface area contributed by atoms with Crippen LogP contribution in [-0.4, -0.2) is 31.5 Å². The van der Waals surface area contributed by atoms with E-state index in [-0.39, 0.29) is 11.6 Å². The Morgan fingerprint density at radius 3 is 2.47 bits per heavy atom. The lowest BCUT2D eigenvalue weighted by atomic mass is 9.86. The van der Waals surface area contributed by atoms with E-state index >= 15 is 0 Å². The van der Waals surface area contributed by atoms with E-state index in [2.05, 4.69) is 5.32 Å². The number of ether oxygens (including phenoxy) is 2. The van der Waals surface area contributed by atoms with Crippen molar-refractivity contribution in [1.29, 1.82) is 0 Å². The average Bonchev–Trinajstić information content (AvgIpc) is 2.80. The molecule has 4 rings (SSSR count). The molecule has 0 fully saturated rings. The van der Waals surface area contributed by atoms with Gasteiger partial charge in [0.05, 0.1) is 19.1 Å². The van der Waals surface area contributed by atoms with Crippen molar-refractivity contribution in [2.24, 2.45) is 4.99 Å². The summed E-state index contributed by atoms with van der Waals surface area (Å²) in [5.74, 6) is 2.06. The van der Waals surface area contributed by atoms with Crippen LogP contribution in [0.15, 0.2) is 65.7 Å². The monoisotopic (exact) mass is 451 g/mol. The van der Waals surface area contributed by atoms with Gasteiger partial charge in [0.1, 0.15) is 5.84 Å². The van der Waals surface area contributed by atoms with Gasteiger partial charge in [-0.05, 0) is 47.9 Å². The van der Waals surface area contributed by atoms with Gasteiger partial charge in [0.25, 0.3) is 5.69 Å². The van der Waals surface area contributed by atoms with Crippen molar-refractivity contribution >= 4 is 28.8 Å². The number of nitro benzene ring substituents is 1. The predicted octanol–water partition coefficient (Wildman–Crippen LogP) is 5.46. The highest BCUT2D eigenvalue weighted by molar-refractivity contribution is 6.31. The van der Waals surface area contributed by atoms with Crippen LogP contribution in [-0.2, 0) is 6.42 Å². The molecular weight excluding hydrogens is 430 g/mol. The number of rotatable bonds is 6. The number of nitrogens with one attached hydrogen (secondary N) is 1. The lowest BCUT2D eigenvalue weighted by Gasteiger charge is -2.27. The molecule has 0 saturated heterocycles. The number of non-ortho nitro benzene ring substituents is 1. The smallest absolute Gasteiger partial charge is 0.269 e. The Hall–Kier alpha value is -3.58. The Morgan fingerprint density at radius 1 is 1.09 bits per heavy atom. The van der Waals surface area contributed by atoms with Crippen molar-refractivity contribution in [2.45, 2.75) is 12.3 Å². The molecule has 164 valence electrons. The second kappa shape index (κ2) is 9.28. The summed E-state index contributed by atoms with van der Waals surface area (Å²) in [6.07, 6.45) is 0.689. The van der Waals surface area contributed by atoms with E-state index in [1.807, 2.05) is 36.4 Å². The van der Waals surface area contributed by atoms with Gasteiger partial charge in [-0.25, -0.2) is 0 Å². The lowest BCUT2D eigenvalue weighted by molar-refractivity contribution is -0.384. The molecule has 3 aromatic carbocycles. The topological polar surface area (TPSA) is 86.0 Å².